The lowest BCUT2D eigenvalue weighted by atomic mass is 9.91. The molecule has 1 aliphatic carbocycles. The van der Waals surface area contributed by atoms with Gasteiger partial charge in [0.1, 0.15) is 0 Å². The maximum Gasteiger partial charge on any atom is 0.00926 e. The van der Waals surface area contributed by atoms with E-state index in [0.29, 0.717) is 5.41 Å². The van der Waals surface area contributed by atoms with Gasteiger partial charge in [0.05, 0.1) is 0 Å². The molecule has 1 heteroatoms. The molecule has 0 aromatic carbocycles. The van der Waals surface area contributed by atoms with Gasteiger partial charge in [0.25, 0.3) is 0 Å². The second kappa shape index (κ2) is 5.89. The average Bonchev–Trinajstić information content (AvgIpc) is 2.30. The quantitative estimate of drug-likeness (QED) is 0.696. The van der Waals surface area contributed by atoms with E-state index >= 15 is 0 Å². The molecule has 0 radical (unpaired) electrons. The molecule has 1 aliphatic rings. The molecule has 0 aliphatic heterocycles. The zero-order chi connectivity index (χ0) is 11.3. The van der Waals surface area contributed by atoms with Gasteiger partial charge in [0, 0.05) is 6.04 Å². The van der Waals surface area contributed by atoms with Gasteiger partial charge in [-0.1, -0.05) is 47.0 Å². The predicted octanol–water partition coefficient (Wildman–Crippen LogP) is 3.98. The molecule has 0 amide bonds. The summed E-state index contributed by atoms with van der Waals surface area (Å²) in [6.45, 7) is 10.6. The third-order valence-electron chi connectivity index (χ3n) is 3.64. The van der Waals surface area contributed by atoms with E-state index in [9.17, 15) is 0 Å². The Bertz CT molecular complexity index is 169. The maximum absolute atomic E-state index is 3.77. The first-order chi connectivity index (χ1) is 6.99. The highest BCUT2D eigenvalue weighted by molar-refractivity contribution is 4.77. The van der Waals surface area contributed by atoms with Crippen LogP contribution in [0.5, 0.6) is 0 Å². The molecular weight excluding hydrogens is 182 g/mol. The first-order valence-electron chi connectivity index (χ1n) is 6.72. The molecule has 0 heterocycles. The van der Waals surface area contributed by atoms with E-state index in [1.54, 1.807) is 0 Å². The molecular formula is C14H29N. The summed E-state index contributed by atoms with van der Waals surface area (Å²) >= 11 is 0. The fraction of sp³-hybridized carbons (Fsp3) is 1.00. The van der Waals surface area contributed by atoms with E-state index in [0.717, 1.165) is 12.0 Å². The van der Waals surface area contributed by atoms with E-state index in [-0.39, 0.29) is 0 Å². The molecule has 0 saturated heterocycles. The van der Waals surface area contributed by atoms with E-state index < -0.39 is 0 Å². The number of rotatable bonds is 3. The van der Waals surface area contributed by atoms with Crippen molar-refractivity contribution in [1.29, 1.82) is 0 Å². The van der Waals surface area contributed by atoms with Gasteiger partial charge in [-0.3, -0.25) is 0 Å². The fourth-order valence-electron chi connectivity index (χ4n) is 2.43. The highest BCUT2D eigenvalue weighted by Crippen LogP contribution is 2.23. The molecule has 90 valence electrons. The molecule has 0 bridgehead atoms. The lowest BCUT2D eigenvalue weighted by Crippen LogP contribution is -2.36. The van der Waals surface area contributed by atoms with Crippen LogP contribution in [0.1, 0.15) is 66.2 Å². The first kappa shape index (κ1) is 13.0. The Kier molecular flexibility index (Phi) is 5.11. The highest BCUT2D eigenvalue weighted by Gasteiger charge is 2.19. The van der Waals surface area contributed by atoms with Gasteiger partial charge in [0.15, 0.2) is 0 Å². The Morgan fingerprint density at radius 1 is 1.07 bits per heavy atom. The molecule has 0 spiro atoms. The standard InChI is InChI=1S/C14H29N/c1-12-8-6-5-7-9-13(12)15-11-10-14(2,3)4/h12-13,15H,5-11H2,1-4H3. The van der Waals surface area contributed by atoms with Crippen molar-refractivity contribution in [2.24, 2.45) is 11.3 Å². The third kappa shape index (κ3) is 5.55. The predicted molar refractivity (Wildman–Crippen MR) is 68.1 cm³/mol. The van der Waals surface area contributed by atoms with Crippen LogP contribution in [-0.4, -0.2) is 12.6 Å². The monoisotopic (exact) mass is 211 g/mol. The average molecular weight is 211 g/mol. The minimum absolute atomic E-state index is 0.473. The van der Waals surface area contributed by atoms with Crippen LogP contribution in [-0.2, 0) is 0 Å². The van der Waals surface area contributed by atoms with Crippen molar-refractivity contribution >= 4 is 0 Å². The van der Waals surface area contributed by atoms with E-state index in [1.807, 2.05) is 0 Å². The molecule has 15 heavy (non-hydrogen) atoms. The Morgan fingerprint density at radius 3 is 2.40 bits per heavy atom. The van der Waals surface area contributed by atoms with E-state index in [1.165, 1.54) is 45.1 Å². The van der Waals surface area contributed by atoms with Crippen LogP contribution < -0.4 is 5.32 Å². The summed E-state index contributed by atoms with van der Waals surface area (Å²) < 4.78 is 0. The largest absolute Gasteiger partial charge is 0.314 e. The van der Waals surface area contributed by atoms with Crippen LogP contribution in [0.2, 0.25) is 0 Å². The third-order valence-corrected chi connectivity index (χ3v) is 3.64. The summed E-state index contributed by atoms with van der Waals surface area (Å²) in [6, 6.07) is 0.787. The minimum atomic E-state index is 0.473. The molecule has 0 aromatic heterocycles. The summed E-state index contributed by atoms with van der Waals surface area (Å²) in [5, 5.41) is 3.77. The molecule has 1 rings (SSSR count). The Hall–Kier alpha value is -0.0400. The topological polar surface area (TPSA) is 12.0 Å². The summed E-state index contributed by atoms with van der Waals surface area (Å²) in [5.41, 5.74) is 0.473. The van der Waals surface area contributed by atoms with Crippen molar-refractivity contribution < 1.29 is 0 Å². The molecule has 1 nitrogen and oxygen atoms in total. The van der Waals surface area contributed by atoms with Crippen molar-refractivity contribution in [3.63, 3.8) is 0 Å². The summed E-state index contributed by atoms with van der Waals surface area (Å²) in [4.78, 5) is 0. The van der Waals surface area contributed by atoms with Crippen LogP contribution in [0.4, 0.5) is 0 Å². The molecule has 0 aromatic rings. The van der Waals surface area contributed by atoms with Gasteiger partial charge in [-0.2, -0.15) is 0 Å². The Labute approximate surface area is 96.0 Å². The lowest BCUT2D eigenvalue weighted by Gasteiger charge is -2.25. The number of nitrogens with one attached hydrogen (secondary N) is 1. The van der Waals surface area contributed by atoms with Crippen LogP contribution in [0, 0.1) is 11.3 Å². The van der Waals surface area contributed by atoms with Crippen molar-refractivity contribution in [3.05, 3.63) is 0 Å². The van der Waals surface area contributed by atoms with E-state index in [4.69, 9.17) is 0 Å². The lowest BCUT2D eigenvalue weighted by molar-refractivity contribution is 0.313. The second-order valence-corrected chi connectivity index (χ2v) is 6.49. The molecule has 1 N–H and O–H groups in total. The Balaban J connectivity index is 2.23. The number of hydrogen-bond donors (Lipinski definition) is 1. The van der Waals surface area contributed by atoms with Gasteiger partial charge in [-0.25, -0.2) is 0 Å². The summed E-state index contributed by atoms with van der Waals surface area (Å²) in [6.07, 6.45) is 8.42. The van der Waals surface area contributed by atoms with Crippen molar-refractivity contribution in [2.75, 3.05) is 6.54 Å². The van der Waals surface area contributed by atoms with Crippen LogP contribution in [0.3, 0.4) is 0 Å². The van der Waals surface area contributed by atoms with Gasteiger partial charge in [0.2, 0.25) is 0 Å². The zero-order valence-electron chi connectivity index (χ0n) is 11.1. The number of hydrogen-bond acceptors (Lipinski definition) is 1. The van der Waals surface area contributed by atoms with Gasteiger partial charge in [-0.15, -0.1) is 0 Å². The van der Waals surface area contributed by atoms with Crippen LogP contribution in [0.25, 0.3) is 0 Å². The van der Waals surface area contributed by atoms with Gasteiger partial charge >= 0.3 is 0 Å². The SMILES string of the molecule is CC1CCCCCC1NCCC(C)(C)C. The normalized spacial score (nSPS) is 28.8. The molecule has 1 saturated carbocycles. The Morgan fingerprint density at radius 2 is 1.73 bits per heavy atom. The molecule has 2 unspecified atom stereocenters. The summed E-state index contributed by atoms with van der Waals surface area (Å²) in [5.74, 6) is 0.882. The highest BCUT2D eigenvalue weighted by atomic mass is 14.9. The first-order valence-corrected chi connectivity index (χ1v) is 6.72. The second-order valence-electron chi connectivity index (χ2n) is 6.49. The maximum atomic E-state index is 3.77. The van der Waals surface area contributed by atoms with Crippen molar-refractivity contribution in [2.45, 2.75) is 72.3 Å². The molecule has 2 atom stereocenters. The molecule has 1 fully saturated rings. The summed E-state index contributed by atoms with van der Waals surface area (Å²) in [7, 11) is 0. The fourth-order valence-corrected chi connectivity index (χ4v) is 2.43. The van der Waals surface area contributed by atoms with Crippen LogP contribution in [0.15, 0.2) is 0 Å². The van der Waals surface area contributed by atoms with Gasteiger partial charge in [-0.05, 0) is 37.1 Å². The van der Waals surface area contributed by atoms with Gasteiger partial charge < -0.3 is 5.32 Å². The van der Waals surface area contributed by atoms with Crippen LogP contribution >= 0.6 is 0 Å². The zero-order valence-corrected chi connectivity index (χ0v) is 11.1. The van der Waals surface area contributed by atoms with E-state index in [2.05, 4.69) is 33.0 Å². The smallest absolute Gasteiger partial charge is 0.00926 e. The minimum Gasteiger partial charge on any atom is -0.314 e. The van der Waals surface area contributed by atoms with Crippen molar-refractivity contribution in [3.8, 4) is 0 Å². The van der Waals surface area contributed by atoms with Crippen molar-refractivity contribution in [1.82, 2.24) is 5.32 Å².